The van der Waals surface area contributed by atoms with Crippen LogP contribution in [0.2, 0.25) is 0 Å². The second-order valence-corrected chi connectivity index (χ2v) is 16.8. The van der Waals surface area contributed by atoms with Crippen molar-refractivity contribution in [2.75, 3.05) is 13.1 Å². The third-order valence-corrected chi connectivity index (χ3v) is 11.3. The second kappa shape index (κ2) is 24.8. The first kappa shape index (κ1) is 51.4. The number of imidazole rings is 1. The molecule has 6 atom stereocenters. The van der Waals surface area contributed by atoms with E-state index in [1.54, 1.807) is 32.3 Å². The Balaban J connectivity index is 1.27. The summed E-state index contributed by atoms with van der Waals surface area (Å²) in [4.78, 5) is 119. The molecule has 0 aliphatic rings. The van der Waals surface area contributed by atoms with Crippen LogP contribution in [0.25, 0.3) is 21.8 Å². The van der Waals surface area contributed by atoms with Crippen molar-refractivity contribution in [3.8, 4) is 0 Å². The second-order valence-electron chi connectivity index (χ2n) is 16.8. The number of para-hydroxylation sites is 2. The molecule has 0 bridgehead atoms. The summed E-state index contributed by atoms with van der Waals surface area (Å²) in [5, 5.41) is 36.5. The maximum Gasteiger partial charge on any atom is 0.326 e. The molecule has 68 heavy (non-hydrogen) atoms. The highest BCUT2D eigenvalue weighted by Crippen LogP contribution is 2.21. The first-order valence-corrected chi connectivity index (χ1v) is 22.3. The van der Waals surface area contributed by atoms with Crippen LogP contribution in [0.4, 0.5) is 0 Å². The summed E-state index contributed by atoms with van der Waals surface area (Å²) in [7, 11) is 0. The summed E-state index contributed by atoms with van der Waals surface area (Å²) in [6.45, 7) is 2.99. The minimum Gasteiger partial charge on any atom is -0.481 e. The van der Waals surface area contributed by atoms with E-state index in [4.69, 9.17) is 11.5 Å². The summed E-state index contributed by atoms with van der Waals surface area (Å²) < 4.78 is 0. The minimum absolute atomic E-state index is 0.0356. The molecular weight excluding hydrogens is 881 g/mol. The summed E-state index contributed by atoms with van der Waals surface area (Å²) in [5.41, 5.74) is 15.0. The number of amides is 6. The zero-order valence-electron chi connectivity index (χ0n) is 37.8. The number of aromatic amines is 3. The van der Waals surface area contributed by atoms with E-state index in [0.29, 0.717) is 42.6 Å². The molecule has 0 aliphatic carbocycles. The number of carbonyl (C=O) groups excluding carboxylic acids is 6. The Morgan fingerprint density at radius 3 is 1.79 bits per heavy atom. The molecule has 364 valence electrons. The molecule has 22 nitrogen and oxygen atoms in total. The van der Waals surface area contributed by atoms with Crippen LogP contribution in [0.1, 0.15) is 62.8 Å². The zero-order chi connectivity index (χ0) is 49.3. The van der Waals surface area contributed by atoms with Crippen molar-refractivity contribution in [2.24, 2.45) is 17.4 Å². The minimum atomic E-state index is -1.55. The van der Waals surface area contributed by atoms with Crippen LogP contribution < -0.4 is 43.4 Å². The molecule has 0 aliphatic heterocycles. The van der Waals surface area contributed by atoms with Crippen LogP contribution in [0, 0.1) is 5.92 Å². The van der Waals surface area contributed by atoms with Crippen LogP contribution in [-0.4, -0.2) is 127 Å². The number of carboxylic acids is 2. The van der Waals surface area contributed by atoms with E-state index in [9.17, 15) is 48.6 Å². The molecular formula is C46H60N12O10. The number of nitrogens with zero attached hydrogens (tertiary/aromatic N) is 1. The Labute approximate surface area is 390 Å². The first-order chi connectivity index (χ1) is 32.5. The van der Waals surface area contributed by atoms with E-state index in [-0.39, 0.29) is 19.3 Å². The zero-order valence-corrected chi connectivity index (χ0v) is 37.8. The number of unbranched alkanes of at least 4 members (excludes halogenated alkanes) is 1. The average Bonchev–Trinajstić information content (AvgIpc) is 4.08. The number of aliphatic carboxylic acids is 2. The standard InChI is InChI=1S/C46H60N12O10/c1-25(2)40(45(66)57-37(46(67)68)18-27-21-51-33-13-6-4-10-30(27)33)58-43(64)34(14-15-39(60)61)55-44(65)36(19-28-22-49-24-53-28)54-38(59)23-52-42(63)35(56-41(62)31(48)11-7-8-16-47)17-26-20-50-32-12-5-3-9-29(26)32/h3-6,9-10,12-13,20-22,24-25,31,34-37,40,50-51H,7-8,11,14-19,23,47-48H2,1-2H3,(H,49,53)(H,52,63)(H,54,59)(H,55,65)(H,56,62)(H,57,66)(H,58,64)(H,60,61)(H,67,68)/t31-,34-,35-,36-,37-,40-/m0/s1. The smallest absolute Gasteiger partial charge is 0.326 e. The Morgan fingerprint density at radius 1 is 0.647 bits per heavy atom. The predicted molar refractivity (Wildman–Crippen MR) is 249 cm³/mol. The van der Waals surface area contributed by atoms with Crippen molar-refractivity contribution in [3.63, 3.8) is 0 Å². The summed E-state index contributed by atoms with van der Waals surface area (Å²) >= 11 is 0. The molecule has 0 unspecified atom stereocenters. The Kier molecular flexibility index (Phi) is 18.7. The molecule has 0 saturated carbocycles. The predicted octanol–water partition coefficient (Wildman–Crippen LogP) is 0.00210. The van der Waals surface area contributed by atoms with Crippen LogP contribution in [-0.2, 0) is 57.6 Å². The molecule has 0 radical (unpaired) electrons. The lowest BCUT2D eigenvalue weighted by Gasteiger charge is -2.27. The average molecular weight is 941 g/mol. The molecule has 5 aromatic rings. The van der Waals surface area contributed by atoms with Crippen molar-refractivity contribution in [3.05, 3.63) is 90.3 Å². The molecule has 15 N–H and O–H groups in total. The molecule has 2 aromatic carbocycles. The molecule has 22 heteroatoms. The Bertz CT molecular complexity index is 2540. The fraction of sp³-hybridized carbons (Fsp3) is 0.413. The van der Waals surface area contributed by atoms with E-state index < -0.39 is 109 Å². The molecule has 3 aromatic heterocycles. The lowest BCUT2D eigenvalue weighted by Crippen LogP contribution is -2.59. The third-order valence-electron chi connectivity index (χ3n) is 11.3. The molecule has 0 fully saturated rings. The van der Waals surface area contributed by atoms with E-state index in [1.807, 2.05) is 42.5 Å². The number of hydrogen-bond acceptors (Lipinski definition) is 11. The maximum atomic E-state index is 14.0. The van der Waals surface area contributed by atoms with Gasteiger partial charge in [0.2, 0.25) is 35.4 Å². The van der Waals surface area contributed by atoms with Gasteiger partial charge < -0.3 is 68.5 Å². The van der Waals surface area contributed by atoms with Gasteiger partial charge in [0.1, 0.15) is 30.2 Å². The van der Waals surface area contributed by atoms with Gasteiger partial charge in [-0.3, -0.25) is 33.6 Å². The van der Waals surface area contributed by atoms with Crippen molar-refractivity contribution in [2.45, 2.75) is 101 Å². The Hall–Kier alpha value is -7.59. The van der Waals surface area contributed by atoms with E-state index in [0.717, 1.165) is 21.8 Å². The fourth-order valence-corrected chi connectivity index (χ4v) is 7.59. The normalized spacial score (nSPS) is 14.0. The van der Waals surface area contributed by atoms with Gasteiger partial charge in [0.15, 0.2) is 0 Å². The van der Waals surface area contributed by atoms with Crippen LogP contribution in [0.5, 0.6) is 0 Å². The van der Waals surface area contributed by atoms with Gasteiger partial charge in [0, 0.05) is 71.8 Å². The van der Waals surface area contributed by atoms with E-state index in [1.165, 1.54) is 12.5 Å². The van der Waals surface area contributed by atoms with Crippen LogP contribution in [0.3, 0.4) is 0 Å². The highest BCUT2D eigenvalue weighted by molar-refractivity contribution is 5.97. The quantitative estimate of drug-likeness (QED) is 0.0309. The van der Waals surface area contributed by atoms with Gasteiger partial charge in [-0.2, -0.15) is 0 Å². The number of benzene rings is 2. The first-order valence-electron chi connectivity index (χ1n) is 22.3. The van der Waals surface area contributed by atoms with E-state index in [2.05, 4.69) is 51.8 Å². The molecule has 0 saturated heterocycles. The van der Waals surface area contributed by atoms with Crippen molar-refractivity contribution < 1.29 is 48.6 Å². The van der Waals surface area contributed by atoms with Gasteiger partial charge in [-0.05, 0) is 55.0 Å². The highest BCUT2D eigenvalue weighted by Gasteiger charge is 2.34. The number of H-pyrrole nitrogens is 3. The van der Waals surface area contributed by atoms with E-state index >= 15 is 0 Å². The number of nitrogens with two attached hydrogens (primary N) is 2. The SMILES string of the molecule is CC(C)[C@H](NC(=O)[C@H](CCC(=O)O)NC(=O)[C@H](Cc1cnc[nH]1)NC(=O)CNC(=O)[C@H](Cc1c[nH]c2ccccc12)NC(=O)[C@@H](N)CCCCN)C(=O)N[C@@H](Cc1c[nH]c2ccccc12)C(=O)O. The van der Waals surface area contributed by atoms with Crippen molar-refractivity contribution in [1.82, 2.24) is 51.8 Å². The van der Waals surface area contributed by atoms with Crippen LogP contribution in [0.15, 0.2) is 73.4 Å². The van der Waals surface area contributed by atoms with Crippen LogP contribution >= 0.6 is 0 Å². The lowest BCUT2D eigenvalue weighted by molar-refractivity contribution is -0.142. The third kappa shape index (κ3) is 14.7. The number of hydrogen-bond donors (Lipinski definition) is 13. The van der Waals surface area contributed by atoms with Gasteiger partial charge in [0.05, 0.1) is 18.9 Å². The number of fused-ring (bicyclic) bond motifs is 2. The molecule has 6 amide bonds. The summed E-state index contributed by atoms with van der Waals surface area (Å²) in [6, 6.07) is 6.86. The van der Waals surface area contributed by atoms with Gasteiger partial charge in [-0.1, -0.05) is 56.7 Å². The Morgan fingerprint density at radius 2 is 1.22 bits per heavy atom. The van der Waals surface area contributed by atoms with Gasteiger partial charge in [-0.15, -0.1) is 0 Å². The molecule has 0 spiro atoms. The van der Waals surface area contributed by atoms with Gasteiger partial charge in [-0.25, -0.2) is 9.78 Å². The number of nitrogens with one attached hydrogen (secondary N) is 9. The number of aromatic nitrogens is 4. The number of rotatable bonds is 27. The highest BCUT2D eigenvalue weighted by atomic mass is 16.4. The summed E-state index contributed by atoms with van der Waals surface area (Å²) in [5.74, 6) is -8.04. The number of carboxylic acid groups (broad SMARTS) is 2. The van der Waals surface area contributed by atoms with Gasteiger partial charge >= 0.3 is 11.9 Å². The largest absolute Gasteiger partial charge is 0.481 e. The molecule has 5 rings (SSSR count). The monoisotopic (exact) mass is 940 g/mol. The topological polar surface area (TPSA) is 362 Å². The van der Waals surface area contributed by atoms with Gasteiger partial charge in [0.25, 0.3) is 0 Å². The van der Waals surface area contributed by atoms with Crippen molar-refractivity contribution >= 4 is 69.2 Å². The van der Waals surface area contributed by atoms with Crippen molar-refractivity contribution in [1.29, 1.82) is 0 Å². The maximum absolute atomic E-state index is 14.0. The molecule has 3 heterocycles. The lowest BCUT2D eigenvalue weighted by atomic mass is 10.00. The number of carbonyl (C=O) groups is 8. The fourth-order valence-electron chi connectivity index (χ4n) is 7.59. The summed E-state index contributed by atoms with van der Waals surface area (Å²) in [6.07, 6.45) is 6.45.